The number of aliphatic hydroxyl groups excluding tert-OH is 1. The lowest BCUT2D eigenvalue weighted by atomic mass is 9.78. The van der Waals surface area contributed by atoms with Gasteiger partial charge in [0.25, 0.3) is 0 Å². The Hall–Kier alpha value is -3.60. The number of benzene rings is 2. The third kappa shape index (κ3) is 7.81. The lowest BCUT2D eigenvalue weighted by Crippen LogP contribution is -2.43. The van der Waals surface area contributed by atoms with Gasteiger partial charge >= 0.3 is 11.9 Å². The summed E-state index contributed by atoms with van der Waals surface area (Å²) in [5.74, 6) is -3.34. The third-order valence-electron chi connectivity index (χ3n) is 7.80. The van der Waals surface area contributed by atoms with E-state index in [2.05, 4.69) is 11.9 Å². The van der Waals surface area contributed by atoms with E-state index in [-0.39, 0.29) is 38.7 Å². The van der Waals surface area contributed by atoms with Crippen LogP contribution in [-0.2, 0) is 51.3 Å². The van der Waals surface area contributed by atoms with Gasteiger partial charge in [-0.05, 0) is 11.1 Å². The molecular weight excluding hydrogens is 540 g/mol. The standard InChI is InChI=1S/C30H37B2NO9/c1-2-38-26-21(41-28(32)25(26)30(37)40-17-19-11-7-4-8-12-19)14-33-23(35)13-20-22(15-34)42-27(31)24(20)29(36)39-16-18-9-5-3-6-10-18/h2-12,20-22,24-28,34H,1,13-17,31-32H2,(H,33,35)/t20?,21-,22-,24?,25?,26?,27-,28-/m1/s1. The highest BCUT2D eigenvalue weighted by Gasteiger charge is 2.49. The molecule has 0 bridgehead atoms. The Balaban J connectivity index is 1.34. The quantitative estimate of drug-likeness (QED) is 0.193. The number of nitrogens with one attached hydrogen (secondary N) is 1. The second-order valence-corrected chi connectivity index (χ2v) is 10.6. The molecule has 1 amide bonds. The summed E-state index contributed by atoms with van der Waals surface area (Å²) in [4.78, 5) is 39.1. The van der Waals surface area contributed by atoms with Crippen molar-refractivity contribution >= 4 is 33.5 Å². The molecule has 8 atom stereocenters. The number of esters is 2. The van der Waals surface area contributed by atoms with Crippen LogP contribution >= 0.6 is 0 Å². The first-order valence-electron chi connectivity index (χ1n) is 14.2. The molecule has 42 heavy (non-hydrogen) atoms. The van der Waals surface area contributed by atoms with E-state index in [9.17, 15) is 19.5 Å². The van der Waals surface area contributed by atoms with Gasteiger partial charge in [0.2, 0.25) is 5.91 Å². The molecule has 0 spiro atoms. The molecule has 10 nitrogen and oxygen atoms in total. The van der Waals surface area contributed by atoms with Gasteiger partial charge in [0, 0.05) is 30.9 Å². The maximum absolute atomic E-state index is 13.1. The maximum Gasteiger partial charge on any atom is 0.315 e. The highest BCUT2D eigenvalue weighted by molar-refractivity contribution is 6.13. The average molecular weight is 577 g/mol. The highest BCUT2D eigenvalue weighted by atomic mass is 16.6. The lowest BCUT2D eigenvalue weighted by Gasteiger charge is -2.24. The molecule has 12 heteroatoms. The number of rotatable bonds is 13. The first kappa shape index (κ1) is 31.3. The van der Waals surface area contributed by atoms with Crippen molar-refractivity contribution < 1.29 is 43.2 Å². The molecule has 0 aliphatic carbocycles. The fraction of sp³-hybridized carbons (Fsp3) is 0.433. The van der Waals surface area contributed by atoms with Crippen LogP contribution in [0.2, 0.25) is 0 Å². The fourth-order valence-corrected chi connectivity index (χ4v) is 5.70. The van der Waals surface area contributed by atoms with Gasteiger partial charge in [0.05, 0.1) is 24.9 Å². The molecule has 2 aliphatic rings. The smallest absolute Gasteiger partial charge is 0.315 e. The number of ether oxygens (including phenoxy) is 5. The number of carbonyl (C=O) groups excluding carboxylic acids is 3. The molecule has 2 N–H and O–H groups in total. The van der Waals surface area contributed by atoms with Crippen LogP contribution in [0.4, 0.5) is 0 Å². The first-order chi connectivity index (χ1) is 20.3. The number of amides is 1. The van der Waals surface area contributed by atoms with Crippen molar-refractivity contribution in [2.24, 2.45) is 17.8 Å². The summed E-state index contributed by atoms with van der Waals surface area (Å²) in [5, 5.41) is 12.7. The predicted octanol–water partition coefficient (Wildman–Crippen LogP) is 0.0651. The highest BCUT2D eigenvalue weighted by Crippen LogP contribution is 2.35. The molecule has 2 fully saturated rings. The largest absolute Gasteiger partial charge is 0.495 e. The Kier molecular flexibility index (Phi) is 11.2. The summed E-state index contributed by atoms with van der Waals surface area (Å²) in [6.45, 7) is 3.56. The van der Waals surface area contributed by atoms with Crippen molar-refractivity contribution in [3.8, 4) is 0 Å². The van der Waals surface area contributed by atoms with Crippen LogP contribution in [0.15, 0.2) is 73.5 Å². The van der Waals surface area contributed by atoms with E-state index in [1.165, 1.54) is 6.26 Å². The van der Waals surface area contributed by atoms with E-state index in [0.717, 1.165) is 11.1 Å². The summed E-state index contributed by atoms with van der Waals surface area (Å²) < 4.78 is 28.6. The van der Waals surface area contributed by atoms with E-state index in [1.54, 1.807) is 15.7 Å². The normalized spacial score (nSPS) is 28.5. The van der Waals surface area contributed by atoms with E-state index < -0.39 is 60.0 Å². The predicted molar refractivity (Wildman–Crippen MR) is 157 cm³/mol. The van der Waals surface area contributed by atoms with Gasteiger partial charge in [-0.1, -0.05) is 67.2 Å². The van der Waals surface area contributed by atoms with Gasteiger partial charge in [-0.2, -0.15) is 0 Å². The SMILES string of the molecule is B[C@@H]1O[C@H](CO)C(CC(=O)NC[C@H]2O[C@@H](B)C(C(=O)OCc3ccccc3)C2OC=C)C1C(=O)OCc1ccccc1. The minimum absolute atomic E-state index is 0.0557. The van der Waals surface area contributed by atoms with Crippen LogP contribution < -0.4 is 5.32 Å². The molecule has 2 heterocycles. The number of carbonyl (C=O) groups is 3. The van der Waals surface area contributed by atoms with Crippen molar-refractivity contribution in [3.05, 3.63) is 84.6 Å². The van der Waals surface area contributed by atoms with Crippen molar-refractivity contribution in [2.45, 2.75) is 50.0 Å². The summed E-state index contributed by atoms with van der Waals surface area (Å²) in [6, 6.07) is 17.6. The van der Waals surface area contributed by atoms with Crippen LogP contribution in [-0.4, -0.2) is 82.1 Å². The van der Waals surface area contributed by atoms with E-state index in [1.807, 2.05) is 60.7 Å². The minimum Gasteiger partial charge on any atom is -0.495 e. The zero-order chi connectivity index (χ0) is 30.1. The molecule has 2 saturated heterocycles. The van der Waals surface area contributed by atoms with Gasteiger partial charge in [0.1, 0.15) is 47.0 Å². The van der Waals surface area contributed by atoms with Gasteiger partial charge in [-0.25, -0.2) is 0 Å². The van der Waals surface area contributed by atoms with E-state index in [0.29, 0.717) is 0 Å². The molecule has 222 valence electrons. The Bertz CT molecular complexity index is 1200. The topological polar surface area (TPSA) is 130 Å². The molecular formula is C30H37B2NO9. The van der Waals surface area contributed by atoms with Crippen LogP contribution in [0.3, 0.4) is 0 Å². The van der Waals surface area contributed by atoms with Gasteiger partial charge < -0.3 is 34.1 Å². The van der Waals surface area contributed by atoms with E-state index >= 15 is 0 Å². The molecule has 4 unspecified atom stereocenters. The Morgan fingerprint density at radius 2 is 1.38 bits per heavy atom. The Morgan fingerprint density at radius 3 is 1.93 bits per heavy atom. The summed E-state index contributed by atoms with van der Waals surface area (Å²) in [5.41, 5.74) is 1.70. The summed E-state index contributed by atoms with van der Waals surface area (Å²) in [6.07, 6.45) is -0.883. The number of hydrogen-bond acceptors (Lipinski definition) is 9. The summed E-state index contributed by atoms with van der Waals surface area (Å²) >= 11 is 0. The van der Waals surface area contributed by atoms with Gasteiger partial charge in [0.15, 0.2) is 0 Å². The van der Waals surface area contributed by atoms with Crippen LogP contribution in [0.5, 0.6) is 0 Å². The molecule has 0 aromatic heterocycles. The average Bonchev–Trinajstić information content (AvgIpc) is 3.49. The van der Waals surface area contributed by atoms with Crippen LogP contribution in [0, 0.1) is 17.8 Å². The molecule has 0 radical (unpaired) electrons. The zero-order valence-corrected chi connectivity index (χ0v) is 23.9. The van der Waals surface area contributed by atoms with E-state index in [4.69, 9.17) is 23.7 Å². The minimum atomic E-state index is -0.722. The van der Waals surface area contributed by atoms with Gasteiger partial charge in [-0.3, -0.25) is 14.4 Å². The maximum atomic E-state index is 13.1. The van der Waals surface area contributed by atoms with Crippen molar-refractivity contribution in [1.82, 2.24) is 5.32 Å². The van der Waals surface area contributed by atoms with Crippen LogP contribution in [0.25, 0.3) is 0 Å². The zero-order valence-electron chi connectivity index (χ0n) is 23.9. The first-order valence-corrected chi connectivity index (χ1v) is 14.2. The molecule has 2 aromatic rings. The Labute approximate surface area is 247 Å². The van der Waals surface area contributed by atoms with Crippen LogP contribution in [0.1, 0.15) is 17.5 Å². The van der Waals surface area contributed by atoms with Crippen molar-refractivity contribution in [3.63, 3.8) is 0 Å². The number of aliphatic hydroxyl groups is 1. The van der Waals surface area contributed by atoms with Crippen molar-refractivity contribution in [1.29, 1.82) is 0 Å². The fourth-order valence-electron chi connectivity index (χ4n) is 5.70. The second kappa shape index (κ2) is 15.0. The monoisotopic (exact) mass is 577 g/mol. The summed E-state index contributed by atoms with van der Waals surface area (Å²) in [7, 11) is 3.49. The Morgan fingerprint density at radius 1 is 0.857 bits per heavy atom. The number of hydrogen-bond donors (Lipinski definition) is 2. The molecule has 2 aliphatic heterocycles. The van der Waals surface area contributed by atoms with Gasteiger partial charge in [-0.15, -0.1) is 0 Å². The van der Waals surface area contributed by atoms with Crippen molar-refractivity contribution in [2.75, 3.05) is 13.2 Å². The third-order valence-corrected chi connectivity index (χ3v) is 7.80. The lowest BCUT2D eigenvalue weighted by molar-refractivity contribution is -0.153. The second-order valence-electron chi connectivity index (χ2n) is 10.6. The molecule has 2 aromatic carbocycles. The molecule has 0 saturated carbocycles. The molecule has 4 rings (SSSR count).